The van der Waals surface area contributed by atoms with E-state index in [2.05, 4.69) is 21.2 Å². The van der Waals surface area contributed by atoms with Crippen molar-refractivity contribution in [3.8, 4) is 0 Å². The first-order chi connectivity index (χ1) is 10.5. The van der Waals surface area contributed by atoms with Gasteiger partial charge >= 0.3 is 0 Å². The van der Waals surface area contributed by atoms with Gasteiger partial charge in [-0.25, -0.2) is 0 Å². The summed E-state index contributed by atoms with van der Waals surface area (Å²) in [5.74, 6) is -0.226. The lowest BCUT2D eigenvalue weighted by Crippen LogP contribution is -2.28. The molecule has 0 aliphatic carbocycles. The van der Waals surface area contributed by atoms with Gasteiger partial charge < -0.3 is 5.32 Å². The SMILES string of the molecule is CC(=O)NC(CC(=O)c1ccc(Cl)cc1)c1ccccc1Br. The lowest BCUT2D eigenvalue weighted by molar-refractivity contribution is -0.119. The molecule has 5 heteroatoms. The van der Waals surface area contributed by atoms with Crippen molar-refractivity contribution in [3.05, 3.63) is 69.2 Å². The molecule has 1 atom stereocenters. The van der Waals surface area contributed by atoms with Gasteiger partial charge in [0.25, 0.3) is 0 Å². The fourth-order valence-corrected chi connectivity index (χ4v) is 2.87. The van der Waals surface area contributed by atoms with Crippen molar-refractivity contribution in [1.82, 2.24) is 5.32 Å². The molecule has 2 rings (SSSR count). The molecule has 114 valence electrons. The normalized spacial score (nSPS) is 11.8. The Bertz CT molecular complexity index is 685. The van der Waals surface area contributed by atoms with Gasteiger partial charge in [0.1, 0.15) is 0 Å². The molecule has 0 aromatic heterocycles. The van der Waals surface area contributed by atoms with Gasteiger partial charge in [-0.1, -0.05) is 45.7 Å². The molecule has 0 bridgehead atoms. The van der Waals surface area contributed by atoms with E-state index >= 15 is 0 Å². The Hall–Kier alpha value is -1.65. The van der Waals surface area contributed by atoms with E-state index in [1.54, 1.807) is 24.3 Å². The van der Waals surface area contributed by atoms with Crippen molar-refractivity contribution in [3.63, 3.8) is 0 Å². The number of rotatable bonds is 5. The van der Waals surface area contributed by atoms with Crippen LogP contribution in [0.5, 0.6) is 0 Å². The summed E-state index contributed by atoms with van der Waals surface area (Å²) in [7, 11) is 0. The van der Waals surface area contributed by atoms with Crippen LogP contribution in [0.1, 0.15) is 35.3 Å². The molecule has 2 aromatic carbocycles. The van der Waals surface area contributed by atoms with E-state index in [9.17, 15) is 9.59 Å². The Morgan fingerprint density at radius 1 is 1.14 bits per heavy atom. The van der Waals surface area contributed by atoms with Crippen LogP contribution in [0, 0.1) is 0 Å². The first kappa shape index (κ1) is 16.7. The highest BCUT2D eigenvalue weighted by Gasteiger charge is 2.20. The average Bonchev–Trinajstić information content (AvgIpc) is 2.47. The van der Waals surface area contributed by atoms with Gasteiger partial charge in [0.2, 0.25) is 5.91 Å². The minimum absolute atomic E-state index is 0.0498. The highest BCUT2D eigenvalue weighted by atomic mass is 79.9. The zero-order valence-corrected chi connectivity index (χ0v) is 14.3. The summed E-state index contributed by atoms with van der Waals surface area (Å²) in [6.45, 7) is 1.44. The number of carbonyl (C=O) groups is 2. The van der Waals surface area contributed by atoms with Crippen LogP contribution in [-0.4, -0.2) is 11.7 Å². The number of hydrogen-bond donors (Lipinski definition) is 1. The predicted octanol–water partition coefficient (Wildman–Crippen LogP) is 4.55. The summed E-state index contributed by atoms with van der Waals surface area (Å²) < 4.78 is 0.859. The highest BCUT2D eigenvalue weighted by molar-refractivity contribution is 9.10. The Morgan fingerprint density at radius 3 is 2.36 bits per heavy atom. The van der Waals surface area contributed by atoms with Gasteiger partial charge in [-0.15, -0.1) is 0 Å². The van der Waals surface area contributed by atoms with Crippen molar-refractivity contribution >= 4 is 39.2 Å². The molecule has 0 heterocycles. The number of benzene rings is 2. The van der Waals surface area contributed by atoms with E-state index in [1.165, 1.54) is 6.92 Å². The van der Waals surface area contributed by atoms with Gasteiger partial charge in [-0.3, -0.25) is 9.59 Å². The Labute approximate surface area is 142 Å². The van der Waals surface area contributed by atoms with Gasteiger partial charge in [-0.2, -0.15) is 0 Å². The number of carbonyl (C=O) groups excluding carboxylic acids is 2. The highest BCUT2D eigenvalue weighted by Crippen LogP contribution is 2.27. The van der Waals surface area contributed by atoms with E-state index in [-0.39, 0.29) is 24.2 Å². The summed E-state index contributed by atoms with van der Waals surface area (Å²) >= 11 is 9.30. The van der Waals surface area contributed by atoms with Crippen molar-refractivity contribution in [1.29, 1.82) is 0 Å². The molecule has 0 radical (unpaired) electrons. The molecular weight excluding hydrogens is 366 g/mol. The van der Waals surface area contributed by atoms with Gasteiger partial charge in [0, 0.05) is 28.4 Å². The second kappa shape index (κ2) is 7.56. The fraction of sp³-hybridized carbons (Fsp3) is 0.176. The fourth-order valence-electron chi connectivity index (χ4n) is 2.18. The largest absolute Gasteiger partial charge is 0.349 e. The molecule has 1 N–H and O–H groups in total. The van der Waals surface area contributed by atoms with E-state index < -0.39 is 0 Å². The van der Waals surface area contributed by atoms with Gasteiger partial charge in [0.15, 0.2) is 5.78 Å². The monoisotopic (exact) mass is 379 g/mol. The second-order valence-corrected chi connectivity index (χ2v) is 6.20. The minimum atomic E-state index is -0.378. The number of Topliss-reactive ketones (excluding diaryl/α,β-unsaturated/α-hetero) is 1. The van der Waals surface area contributed by atoms with Crippen LogP contribution in [0.2, 0.25) is 5.02 Å². The summed E-state index contributed by atoms with van der Waals surface area (Å²) in [6, 6.07) is 13.9. The van der Waals surface area contributed by atoms with Crippen LogP contribution in [0.25, 0.3) is 0 Å². The number of amides is 1. The Kier molecular flexibility index (Phi) is 5.75. The van der Waals surface area contributed by atoms with E-state index in [0.29, 0.717) is 10.6 Å². The lowest BCUT2D eigenvalue weighted by atomic mass is 9.98. The molecule has 0 spiro atoms. The molecule has 0 aliphatic rings. The summed E-state index contributed by atoms with van der Waals surface area (Å²) in [5, 5.41) is 3.42. The Morgan fingerprint density at radius 2 is 1.77 bits per heavy atom. The number of halogens is 2. The quantitative estimate of drug-likeness (QED) is 0.773. The van der Waals surface area contributed by atoms with Crippen LogP contribution in [0.4, 0.5) is 0 Å². The zero-order chi connectivity index (χ0) is 16.1. The van der Waals surface area contributed by atoms with E-state index in [1.807, 2.05) is 24.3 Å². The maximum absolute atomic E-state index is 12.4. The number of ketones is 1. The molecule has 0 saturated carbocycles. The predicted molar refractivity (Wildman–Crippen MR) is 91.1 cm³/mol. The lowest BCUT2D eigenvalue weighted by Gasteiger charge is -2.19. The molecule has 1 unspecified atom stereocenters. The molecule has 3 nitrogen and oxygen atoms in total. The third-order valence-corrected chi connectivity index (χ3v) is 4.19. The van der Waals surface area contributed by atoms with Crippen LogP contribution >= 0.6 is 27.5 Å². The first-order valence-corrected chi connectivity index (χ1v) is 7.95. The molecule has 2 aromatic rings. The van der Waals surface area contributed by atoms with Crippen LogP contribution in [-0.2, 0) is 4.79 Å². The van der Waals surface area contributed by atoms with Crippen LogP contribution < -0.4 is 5.32 Å². The topological polar surface area (TPSA) is 46.2 Å². The van der Waals surface area contributed by atoms with Crippen molar-refractivity contribution < 1.29 is 9.59 Å². The Balaban J connectivity index is 2.23. The van der Waals surface area contributed by atoms with Gasteiger partial charge in [-0.05, 0) is 35.9 Å². The molecule has 22 heavy (non-hydrogen) atoms. The molecule has 0 aliphatic heterocycles. The smallest absolute Gasteiger partial charge is 0.217 e. The van der Waals surface area contributed by atoms with Crippen molar-refractivity contribution in [2.75, 3.05) is 0 Å². The molecule has 0 saturated heterocycles. The third-order valence-electron chi connectivity index (χ3n) is 3.21. The first-order valence-electron chi connectivity index (χ1n) is 6.77. The van der Waals surface area contributed by atoms with E-state index in [0.717, 1.165) is 10.0 Å². The van der Waals surface area contributed by atoms with Crippen molar-refractivity contribution in [2.45, 2.75) is 19.4 Å². The summed E-state index contributed by atoms with van der Waals surface area (Å²) in [5.41, 5.74) is 1.45. The standard InChI is InChI=1S/C17H15BrClNO2/c1-11(21)20-16(14-4-2-3-5-15(14)18)10-17(22)12-6-8-13(19)9-7-12/h2-9,16H,10H2,1H3,(H,20,21). The van der Waals surface area contributed by atoms with Crippen LogP contribution in [0.15, 0.2) is 53.0 Å². The summed E-state index contributed by atoms with van der Waals surface area (Å²) in [4.78, 5) is 23.9. The number of nitrogens with one attached hydrogen (secondary N) is 1. The molecule has 0 fully saturated rings. The maximum atomic E-state index is 12.4. The number of hydrogen-bond acceptors (Lipinski definition) is 2. The van der Waals surface area contributed by atoms with Gasteiger partial charge in [0.05, 0.1) is 6.04 Å². The summed E-state index contributed by atoms with van der Waals surface area (Å²) in [6.07, 6.45) is 0.184. The maximum Gasteiger partial charge on any atom is 0.217 e. The average molecular weight is 381 g/mol. The molecular formula is C17H15BrClNO2. The van der Waals surface area contributed by atoms with E-state index in [4.69, 9.17) is 11.6 Å². The second-order valence-electron chi connectivity index (χ2n) is 4.91. The molecule has 1 amide bonds. The zero-order valence-electron chi connectivity index (χ0n) is 12.0. The van der Waals surface area contributed by atoms with Crippen molar-refractivity contribution in [2.24, 2.45) is 0 Å². The third kappa shape index (κ3) is 4.42. The van der Waals surface area contributed by atoms with Crippen LogP contribution in [0.3, 0.4) is 0 Å². The minimum Gasteiger partial charge on any atom is -0.349 e.